The number of nitrogens with zero attached hydrogens (tertiary/aromatic N) is 4. The van der Waals surface area contributed by atoms with Gasteiger partial charge in [0.2, 0.25) is 0 Å². The molecule has 0 fully saturated rings. The molecule has 0 radical (unpaired) electrons. The van der Waals surface area contributed by atoms with Crippen molar-refractivity contribution in [3.8, 4) is 78.4 Å². The molecule has 0 N–H and O–H groups in total. The number of fused-ring (bicyclic) bond motifs is 20. The summed E-state index contributed by atoms with van der Waals surface area (Å²) in [4.78, 5) is 0. The Morgan fingerprint density at radius 1 is 0.176 bits per heavy atom. The molecule has 0 aliphatic heterocycles. The predicted octanol–water partition coefficient (Wildman–Crippen LogP) is 26.2. The zero-order chi connectivity index (χ0) is 66.7. The molecule has 6 aromatic heterocycles. The SMILES string of the molecule is c1ccc(-c2ccccc2-n2c3ccccc3c3c4c5ccccc5n(-c5ccc(-c6ccc(-c7ccc(-c8cccc(-n9c%10ccccc%10c%10c%11c%12ccccc%12n(-c%12ccc(-c%13cccc%14c%13oc%13ccccc%13%14)cc%12)c%11ccc%109)c8)cc7)c7c6oc6ccccc67)cc5)c4ccc32)cc1. The molecule has 22 aromatic rings. The highest BCUT2D eigenvalue weighted by Gasteiger charge is 2.26. The van der Waals surface area contributed by atoms with E-state index in [0.717, 1.165) is 139 Å². The second-order valence-corrected chi connectivity index (χ2v) is 27.0. The van der Waals surface area contributed by atoms with Crippen LogP contribution in [0.15, 0.2) is 361 Å². The number of para-hydroxylation sites is 8. The summed E-state index contributed by atoms with van der Waals surface area (Å²) >= 11 is 0. The number of rotatable bonds is 9. The fraction of sp³-hybridized carbons (Fsp3) is 0. The van der Waals surface area contributed by atoms with E-state index in [-0.39, 0.29) is 0 Å². The second-order valence-electron chi connectivity index (χ2n) is 27.0. The van der Waals surface area contributed by atoms with Gasteiger partial charge in [-0.2, -0.15) is 0 Å². The van der Waals surface area contributed by atoms with Crippen LogP contribution in [0.25, 0.3) is 209 Å². The fourth-order valence-corrected chi connectivity index (χ4v) is 17.2. The van der Waals surface area contributed by atoms with Crippen LogP contribution in [0.2, 0.25) is 0 Å². The lowest BCUT2D eigenvalue weighted by molar-refractivity contribution is 0.669. The number of aromatic nitrogens is 4. The highest BCUT2D eigenvalue weighted by Crippen LogP contribution is 2.48. The molecule has 0 aliphatic rings. The Bertz CT molecular complexity index is 7220. The van der Waals surface area contributed by atoms with Gasteiger partial charge in [0.1, 0.15) is 22.3 Å². The van der Waals surface area contributed by atoms with Gasteiger partial charge in [0.25, 0.3) is 0 Å². The standard InChI is InChI=1S/C96H58N4O2/c1-2-20-60(21-3-1)68-24-4-11-33-79(68)100-83-37-15-8-29-77(83)94-87(100)57-56-85-92(94)75-27-6-13-35-81(75)98(85)66-50-46-63(47-51-66)71-53-52-69(90-78-30-10-17-39-89(78)102-96(71)90)61-42-40-59(41-43-61)64-22-18-23-67(58-64)99-82-36-14-7-28-76(82)93-86(99)55-54-84-91(93)74-26-5-12-34-80(74)97(84)65-48-44-62(45-49-65)70-31-19-32-73-72-25-9-16-38-88(72)101-95(70)73/h1-58H. The third kappa shape index (κ3) is 8.23. The fourth-order valence-electron chi connectivity index (χ4n) is 17.2. The van der Waals surface area contributed by atoms with Crippen LogP contribution in [0.4, 0.5) is 0 Å². The van der Waals surface area contributed by atoms with Crippen LogP contribution in [0.5, 0.6) is 0 Å². The first kappa shape index (κ1) is 56.3. The van der Waals surface area contributed by atoms with Gasteiger partial charge >= 0.3 is 0 Å². The van der Waals surface area contributed by atoms with Crippen molar-refractivity contribution < 1.29 is 8.83 Å². The number of hydrogen-bond donors (Lipinski definition) is 0. The smallest absolute Gasteiger partial charge is 0.143 e. The predicted molar refractivity (Wildman–Crippen MR) is 426 cm³/mol. The van der Waals surface area contributed by atoms with Gasteiger partial charge in [0.15, 0.2) is 0 Å². The van der Waals surface area contributed by atoms with Gasteiger partial charge in [0, 0.05) is 98.4 Å². The van der Waals surface area contributed by atoms with Crippen molar-refractivity contribution in [2.24, 2.45) is 0 Å². The minimum absolute atomic E-state index is 0.865. The topological polar surface area (TPSA) is 46.0 Å². The van der Waals surface area contributed by atoms with Crippen molar-refractivity contribution in [1.82, 2.24) is 18.3 Å². The van der Waals surface area contributed by atoms with Crippen LogP contribution >= 0.6 is 0 Å². The summed E-state index contributed by atoms with van der Waals surface area (Å²) in [6.07, 6.45) is 0. The monoisotopic (exact) mass is 1300 g/mol. The van der Waals surface area contributed by atoms with Crippen molar-refractivity contribution in [1.29, 1.82) is 0 Å². The molecule has 6 nitrogen and oxygen atoms in total. The number of furan rings is 2. The van der Waals surface area contributed by atoms with Crippen LogP contribution in [0.3, 0.4) is 0 Å². The highest BCUT2D eigenvalue weighted by molar-refractivity contribution is 6.31. The van der Waals surface area contributed by atoms with Gasteiger partial charge in [-0.3, -0.25) is 0 Å². The molecule has 0 unspecified atom stereocenters. The summed E-state index contributed by atoms with van der Waals surface area (Å²) in [7, 11) is 0. The van der Waals surface area contributed by atoms with Crippen LogP contribution in [0.1, 0.15) is 0 Å². The summed E-state index contributed by atoms with van der Waals surface area (Å²) < 4.78 is 23.2. The van der Waals surface area contributed by atoms with E-state index in [1.165, 1.54) is 70.8 Å². The molecule has 0 saturated heterocycles. The summed E-state index contributed by atoms with van der Waals surface area (Å²) in [6, 6.07) is 128. The van der Waals surface area contributed by atoms with Gasteiger partial charge in [-0.25, -0.2) is 0 Å². The van der Waals surface area contributed by atoms with Crippen molar-refractivity contribution in [3.63, 3.8) is 0 Å². The largest absolute Gasteiger partial charge is 0.455 e. The molecule has 0 aliphatic carbocycles. The average Bonchev–Trinajstić information content (AvgIpc) is 1.55. The summed E-state index contributed by atoms with van der Waals surface area (Å²) in [5.41, 5.74) is 28.6. The first-order valence-electron chi connectivity index (χ1n) is 35.0. The zero-order valence-corrected chi connectivity index (χ0v) is 55.1. The van der Waals surface area contributed by atoms with Crippen molar-refractivity contribution in [2.45, 2.75) is 0 Å². The Morgan fingerprint density at radius 2 is 0.549 bits per heavy atom. The molecule has 16 aromatic carbocycles. The van der Waals surface area contributed by atoms with E-state index in [4.69, 9.17) is 8.83 Å². The molecule has 0 spiro atoms. The van der Waals surface area contributed by atoms with E-state index >= 15 is 0 Å². The molecular weight excluding hydrogens is 1240 g/mol. The Kier molecular flexibility index (Phi) is 12.1. The molecule has 102 heavy (non-hydrogen) atoms. The molecule has 474 valence electrons. The van der Waals surface area contributed by atoms with E-state index in [0.29, 0.717) is 0 Å². The van der Waals surface area contributed by atoms with Gasteiger partial charge in [-0.15, -0.1) is 0 Å². The molecule has 0 bridgehead atoms. The maximum Gasteiger partial charge on any atom is 0.143 e. The van der Waals surface area contributed by atoms with E-state index in [2.05, 4.69) is 358 Å². The molecule has 0 saturated carbocycles. The lowest BCUT2D eigenvalue weighted by Crippen LogP contribution is -1.97. The normalized spacial score (nSPS) is 12.1. The van der Waals surface area contributed by atoms with Gasteiger partial charge in [0.05, 0.1) is 49.8 Å². The lowest BCUT2D eigenvalue weighted by atomic mass is 9.93. The minimum Gasteiger partial charge on any atom is -0.455 e. The molecule has 22 rings (SSSR count). The molecule has 6 heteroatoms. The summed E-state index contributed by atoms with van der Waals surface area (Å²) in [5.74, 6) is 0. The molecule has 6 heterocycles. The first-order valence-corrected chi connectivity index (χ1v) is 35.0. The van der Waals surface area contributed by atoms with E-state index < -0.39 is 0 Å². The highest BCUT2D eigenvalue weighted by atomic mass is 16.3. The van der Waals surface area contributed by atoms with E-state index in [1.807, 2.05) is 12.1 Å². The second kappa shape index (κ2) is 21.9. The van der Waals surface area contributed by atoms with Crippen LogP contribution in [-0.4, -0.2) is 18.3 Å². The van der Waals surface area contributed by atoms with Crippen LogP contribution in [-0.2, 0) is 0 Å². The maximum atomic E-state index is 6.95. The first-order chi connectivity index (χ1) is 50.6. The summed E-state index contributed by atoms with van der Waals surface area (Å²) in [6.45, 7) is 0. The van der Waals surface area contributed by atoms with Gasteiger partial charge in [-0.1, -0.05) is 243 Å². The zero-order valence-electron chi connectivity index (χ0n) is 55.1. The van der Waals surface area contributed by atoms with Crippen molar-refractivity contribution >= 4 is 131 Å². The maximum absolute atomic E-state index is 6.95. The Morgan fingerprint density at radius 3 is 1.14 bits per heavy atom. The van der Waals surface area contributed by atoms with Gasteiger partial charge < -0.3 is 27.1 Å². The molecule has 0 amide bonds. The van der Waals surface area contributed by atoms with Crippen molar-refractivity contribution in [2.75, 3.05) is 0 Å². The minimum atomic E-state index is 0.865. The van der Waals surface area contributed by atoms with Crippen molar-refractivity contribution in [3.05, 3.63) is 352 Å². The Hall–Kier alpha value is -13.7. The van der Waals surface area contributed by atoms with E-state index in [9.17, 15) is 0 Å². The summed E-state index contributed by atoms with van der Waals surface area (Å²) in [5, 5.41) is 14.3. The number of benzene rings is 16. The lowest BCUT2D eigenvalue weighted by Gasteiger charge is -2.14. The Balaban J connectivity index is 0.607. The Labute approximate surface area is 584 Å². The quantitative estimate of drug-likeness (QED) is 0.145. The molecule has 0 atom stereocenters. The third-order valence-electron chi connectivity index (χ3n) is 21.6. The van der Waals surface area contributed by atoms with Gasteiger partial charge in [-0.05, 0) is 148 Å². The van der Waals surface area contributed by atoms with E-state index in [1.54, 1.807) is 0 Å². The third-order valence-corrected chi connectivity index (χ3v) is 21.6. The van der Waals surface area contributed by atoms with Crippen LogP contribution < -0.4 is 0 Å². The number of hydrogen-bond acceptors (Lipinski definition) is 2. The average molecular weight is 1300 g/mol. The molecular formula is C96H58N4O2. The van der Waals surface area contributed by atoms with Crippen LogP contribution in [0, 0.1) is 0 Å².